The molecule has 0 amide bonds. The third-order valence-corrected chi connectivity index (χ3v) is 3.12. The van der Waals surface area contributed by atoms with E-state index in [4.69, 9.17) is 10.2 Å². The maximum atomic E-state index is 5.71. The summed E-state index contributed by atoms with van der Waals surface area (Å²) in [6.07, 6.45) is 0. The molecule has 0 radical (unpaired) electrons. The maximum Gasteiger partial charge on any atom is 0.123 e. The average molecular weight is 244 g/mol. The molecule has 0 spiro atoms. The van der Waals surface area contributed by atoms with E-state index < -0.39 is 0 Å². The standard InChI is InChI=1S/C15H20N2O/c1-11-4-6-13(7-5-11)17(3)10-14-8-12(2)15(9-16)18-14/h4-8H,9-10,16H2,1-3H3. The highest BCUT2D eigenvalue weighted by Gasteiger charge is 2.08. The summed E-state index contributed by atoms with van der Waals surface area (Å²) in [5, 5.41) is 0. The van der Waals surface area contributed by atoms with E-state index >= 15 is 0 Å². The van der Waals surface area contributed by atoms with E-state index in [-0.39, 0.29) is 0 Å². The third-order valence-electron chi connectivity index (χ3n) is 3.12. The second-order valence-corrected chi connectivity index (χ2v) is 4.71. The molecule has 3 nitrogen and oxygen atoms in total. The molecule has 0 aliphatic rings. The van der Waals surface area contributed by atoms with Crippen molar-refractivity contribution < 1.29 is 4.42 Å². The van der Waals surface area contributed by atoms with Gasteiger partial charge in [-0.1, -0.05) is 17.7 Å². The van der Waals surface area contributed by atoms with Gasteiger partial charge in [0.2, 0.25) is 0 Å². The van der Waals surface area contributed by atoms with Crippen molar-refractivity contribution in [1.82, 2.24) is 0 Å². The van der Waals surface area contributed by atoms with Crippen molar-refractivity contribution in [3.05, 3.63) is 53.0 Å². The summed E-state index contributed by atoms with van der Waals surface area (Å²) in [5.74, 6) is 1.83. The Morgan fingerprint density at radius 1 is 1.17 bits per heavy atom. The van der Waals surface area contributed by atoms with E-state index in [1.54, 1.807) is 0 Å². The zero-order valence-electron chi connectivity index (χ0n) is 11.2. The Morgan fingerprint density at radius 3 is 2.39 bits per heavy atom. The number of rotatable bonds is 4. The second kappa shape index (κ2) is 5.27. The molecule has 0 bridgehead atoms. The number of hydrogen-bond donors (Lipinski definition) is 1. The fourth-order valence-corrected chi connectivity index (χ4v) is 2.00. The van der Waals surface area contributed by atoms with E-state index in [9.17, 15) is 0 Å². The van der Waals surface area contributed by atoms with Crippen LogP contribution >= 0.6 is 0 Å². The maximum absolute atomic E-state index is 5.71. The first-order valence-electron chi connectivity index (χ1n) is 6.16. The summed E-state index contributed by atoms with van der Waals surface area (Å²) in [5.41, 5.74) is 9.20. The van der Waals surface area contributed by atoms with E-state index in [2.05, 4.69) is 49.2 Å². The number of furan rings is 1. The highest BCUT2D eigenvalue weighted by atomic mass is 16.3. The van der Waals surface area contributed by atoms with Crippen LogP contribution in [0, 0.1) is 13.8 Å². The van der Waals surface area contributed by atoms with Gasteiger partial charge in [0.05, 0.1) is 13.1 Å². The van der Waals surface area contributed by atoms with Crippen LogP contribution in [0.3, 0.4) is 0 Å². The minimum absolute atomic E-state index is 0.458. The van der Waals surface area contributed by atoms with Gasteiger partial charge in [0, 0.05) is 12.7 Å². The molecule has 1 aromatic carbocycles. The monoisotopic (exact) mass is 244 g/mol. The molecule has 0 unspecified atom stereocenters. The summed E-state index contributed by atoms with van der Waals surface area (Å²) in [6.45, 7) is 5.33. The van der Waals surface area contributed by atoms with E-state index in [1.807, 2.05) is 6.92 Å². The molecular formula is C15H20N2O. The van der Waals surface area contributed by atoms with Crippen LogP contribution in [0.5, 0.6) is 0 Å². The Morgan fingerprint density at radius 2 is 1.83 bits per heavy atom. The fraction of sp³-hybridized carbons (Fsp3) is 0.333. The molecule has 96 valence electrons. The van der Waals surface area contributed by atoms with Gasteiger partial charge in [-0.25, -0.2) is 0 Å². The normalized spacial score (nSPS) is 10.7. The molecule has 0 fully saturated rings. The molecule has 3 heteroatoms. The smallest absolute Gasteiger partial charge is 0.123 e. The van der Waals surface area contributed by atoms with Crippen LogP contribution in [0.1, 0.15) is 22.6 Å². The van der Waals surface area contributed by atoms with Gasteiger partial charge < -0.3 is 15.1 Å². The quantitative estimate of drug-likeness (QED) is 0.899. The van der Waals surface area contributed by atoms with Crippen LogP contribution in [-0.4, -0.2) is 7.05 Å². The van der Waals surface area contributed by atoms with Crippen molar-refractivity contribution in [2.24, 2.45) is 5.73 Å². The first-order valence-corrected chi connectivity index (χ1v) is 6.16. The van der Waals surface area contributed by atoms with Crippen LogP contribution in [0.2, 0.25) is 0 Å². The molecule has 0 aliphatic heterocycles. The Hall–Kier alpha value is -1.74. The summed E-state index contributed by atoms with van der Waals surface area (Å²) >= 11 is 0. The number of hydrogen-bond acceptors (Lipinski definition) is 3. The van der Waals surface area contributed by atoms with E-state index in [0.717, 1.165) is 23.6 Å². The average Bonchev–Trinajstić information content (AvgIpc) is 2.70. The lowest BCUT2D eigenvalue weighted by atomic mass is 10.2. The molecule has 0 saturated carbocycles. The van der Waals surface area contributed by atoms with Crippen LogP contribution in [0.4, 0.5) is 5.69 Å². The number of benzene rings is 1. The van der Waals surface area contributed by atoms with Gasteiger partial charge in [-0.15, -0.1) is 0 Å². The number of nitrogens with zero attached hydrogens (tertiary/aromatic N) is 1. The second-order valence-electron chi connectivity index (χ2n) is 4.71. The highest BCUT2D eigenvalue weighted by Crippen LogP contribution is 2.19. The van der Waals surface area contributed by atoms with Crippen molar-refractivity contribution in [3.63, 3.8) is 0 Å². The molecular weight excluding hydrogens is 224 g/mol. The SMILES string of the molecule is Cc1ccc(N(C)Cc2cc(C)c(CN)o2)cc1. The van der Waals surface area contributed by atoms with Crippen molar-refractivity contribution in [2.75, 3.05) is 11.9 Å². The van der Waals surface area contributed by atoms with E-state index in [0.29, 0.717) is 6.54 Å². The van der Waals surface area contributed by atoms with Gasteiger partial charge in [-0.3, -0.25) is 0 Å². The Balaban J connectivity index is 2.10. The van der Waals surface area contributed by atoms with Gasteiger partial charge in [0.25, 0.3) is 0 Å². The van der Waals surface area contributed by atoms with Gasteiger partial charge in [-0.05, 0) is 37.6 Å². The molecule has 0 atom stereocenters. The number of anilines is 1. The van der Waals surface area contributed by atoms with Gasteiger partial charge in [0.1, 0.15) is 11.5 Å². The number of nitrogens with two attached hydrogens (primary N) is 1. The molecule has 2 N–H and O–H groups in total. The molecule has 2 rings (SSSR count). The Labute approximate surface area is 108 Å². The lowest BCUT2D eigenvalue weighted by molar-refractivity contribution is 0.463. The predicted molar refractivity (Wildman–Crippen MR) is 74.6 cm³/mol. The zero-order valence-corrected chi connectivity index (χ0v) is 11.2. The van der Waals surface area contributed by atoms with Crippen LogP contribution < -0.4 is 10.6 Å². The zero-order chi connectivity index (χ0) is 13.1. The summed E-state index contributed by atoms with van der Waals surface area (Å²) in [4.78, 5) is 2.16. The van der Waals surface area contributed by atoms with Gasteiger partial charge in [-0.2, -0.15) is 0 Å². The molecule has 18 heavy (non-hydrogen) atoms. The highest BCUT2D eigenvalue weighted by molar-refractivity contribution is 5.46. The first-order chi connectivity index (χ1) is 8.60. The lowest BCUT2D eigenvalue weighted by Gasteiger charge is -2.17. The van der Waals surface area contributed by atoms with Crippen molar-refractivity contribution in [2.45, 2.75) is 26.9 Å². The third kappa shape index (κ3) is 2.74. The molecule has 0 aliphatic carbocycles. The summed E-state index contributed by atoms with van der Waals surface area (Å²) < 4.78 is 5.71. The van der Waals surface area contributed by atoms with Crippen LogP contribution in [-0.2, 0) is 13.1 Å². The Bertz CT molecular complexity index is 514. The fourth-order valence-electron chi connectivity index (χ4n) is 2.00. The molecule has 2 aromatic rings. The van der Waals surface area contributed by atoms with Crippen LogP contribution in [0.25, 0.3) is 0 Å². The predicted octanol–water partition coefficient (Wildman–Crippen LogP) is 2.99. The first kappa shape index (κ1) is 12.7. The van der Waals surface area contributed by atoms with Crippen LogP contribution in [0.15, 0.2) is 34.7 Å². The van der Waals surface area contributed by atoms with Gasteiger partial charge in [0.15, 0.2) is 0 Å². The molecule has 0 saturated heterocycles. The largest absolute Gasteiger partial charge is 0.463 e. The molecule has 1 aromatic heterocycles. The topological polar surface area (TPSA) is 42.4 Å². The minimum Gasteiger partial charge on any atom is -0.463 e. The number of aryl methyl sites for hydroxylation is 2. The summed E-state index contributed by atoms with van der Waals surface area (Å²) in [6, 6.07) is 10.5. The van der Waals surface area contributed by atoms with Crippen molar-refractivity contribution in [1.29, 1.82) is 0 Å². The van der Waals surface area contributed by atoms with E-state index in [1.165, 1.54) is 11.3 Å². The molecule has 1 heterocycles. The minimum atomic E-state index is 0.458. The Kier molecular flexibility index (Phi) is 3.72. The van der Waals surface area contributed by atoms with Crippen molar-refractivity contribution in [3.8, 4) is 0 Å². The lowest BCUT2D eigenvalue weighted by Crippen LogP contribution is -2.15. The summed E-state index contributed by atoms with van der Waals surface area (Å²) in [7, 11) is 2.06. The van der Waals surface area contributed by atoms with Gasteiger partial charge >= 0.3 is 0 Å². The van der Waals surface area contributed by atoms with Crippen molar-refractivity contribution >= 4 is 5.69 Å².